The van der Waals surface area contributed by atoms with Crippen LogP contribution < -0.4 is 5.56 Å². The van der Waals surface area contributed by atoms with Crippen LogP contribution in [0.1, 0.15) is 23.2 Å². The lowest BCUT2D eigenvalue weighted by molar-refractivity contribution is 0.0628. The van der Waals surface area contributed by atoms with Gasteiger partial charge in [-0.3, -0.25) is 14.0 Å². The molecular formula is C19H18ClN3O3S. The van der Waals surface area contributed by atoms with Gasteiger partial charge in [-0.05, 0) is 18.9 Å². The normalized spacial score (nSPS) is 17.0. The summed E-state index contributed by atoms with van der Waals surface area (Å²) in [6.45, 7) is 1.09. The van der Waals surface area contributed by atoms with Crippen molar-refractivity contribution >= 4 is 33.8 Å². The molecule has 1 saturated heterocycles. The molecule has 3 aromatic rings. The average molecular weight is 404 g/mol. The lowest BCUT2D eigenvalue weighted by Crippen LogP contribution is -2.41. The second kappa shape index (κ2) is 7.42. The van der Waals surface area contributed by atoms with E-state index in [9.17, 15) is 9.59 Å². The molecule has 1 aliphatic heterocycles. The number of likely N-dealkylation sites (tertiary alicyclic amines) is 1. The van der Waals surface area contributed by atoms with Gasteiger partial charge in [-0.25, -0.2) is 4.98 Å². The number of ether oxygens (including phenoxy) is 1. The molecule has 8 heteroatoms. The van der Waals surface area contributed by atoms with Crippen molar-refractivity contribution in [1.82, 2.24) is 14.3 Å². The molecule has 1 fully saturated rings. The van der Waals surface area contributed by atoms with Gasteiger partial charge in [0, 0.05) is 35.8 Å². The van der Waals surface area contributed by atoms with Crippen LogP contribution in [0, 0.1) is 0 Å². The fraction of sp³-hybridized carbons (Fsp3) is 0.316. The first kappa shape index (κ1) is 18.2. The van der Waals surface area contributed by atoms with Gasteiger partial charge in [-0.15, -0.1) is 11.3 Å². The Labute approximate surface area is 165 Å². The van der Waals surface area contributed by atoms with Gasteiger partial charge < -0.3 is 9.64 Å². The number of halogens is 1. The standard InChI is InChI=1S/C19H18ClN3O3S/c1-26-10-12-5-4-8-22(12)17(24)14-9-21-19-23(18(14)25)16(11-27-19)13-6-2-3-7-15(13)20/h2-3,6-7,9,11-12H,4-5,8,10H2,1H3. The summed E-state index contributed by atoms with van der Waals surface area (Å²) in [5, 5.41) is 2.38. The molecule has 4 rings (SSSR count). The van der Waals surface area contributed by atoms with Gasteiger partial charge in [-0.2, -0.15) is 0 Å². The minimum Gasteiger partial charge on any atom is -0.383 e. The zero-order valence-corrected chi connectivity index (χ0v) is 16.3. The maximum absolute atomic E-state index is 13.2. The number of hydrogen-bond donors (Lipinski definition) is 0. The lowest BCUT2D eigenvalue weighted by Gasteiger charge is -2.23. The highest BCUT2D eigenvalue weighted by Crippen LogP contribution is 2.30. The van der Waals surface area contributed by atoms with Crippen LogP contribution in [-0.4, -0.2) is 46.5 Å². The molecular weight excluding hydrogens is 386 g/mol. The quantitative estimate of drug-likeness (QED) is 0.670. The third-order valence-corrected chi connectivity index (χ3v) is 5.99. The Morgan fingerprint density at radius 2 is 2.22 bits per heavy atom. The largest absolute Gasteiger partial charge is 0.383 e. The van der Waals surface area contributed by atoms with Crippen LogP contribution >= 0.6 is 22.9 Å². The Morgan fingerprint density at radius 3 is 3.00 bits per heavy atom. The minimum atomic E-state index is -0.371. The second-order valence-electron chi connectivity index (χ2n) is 6.45. The molecule has 0 radical (unpaired) electrons. The van der Waals surface area contributed by atoms with Crippen molar-refractivity contribution in [1.29, 1.82) is 0 Å². The predicted molar refractivity (Wildman–Crippen MR) is 106 cm³/mol. The number of methoxy groups -OCH3 is 1. The Kier molecular flexibility index (Phi) is 4.99. The van der Waals surface area contributed by atoms with Crippen molar-refractivity contribution in [3.05, 3.63) is 56.8 Å². The number of fused-ring (bicyclic) bond motifs is 1. The monoisotopic (exact) mass is 403 g/mol. The zero-order valence-electron chi connectivity index (χ0n) is 14.7. The molecule has 0 bridgehead atoms. The maximum atomic E-state index is 13.2. The van der Waals surface area contributed by atoms with Crippen molar-refractivity contribution in [3.8, 4) is 11.3 Å². The Morgan fingerprint density at radius 1 is 1.41 bits per heavy atom. The van der Waals surface area contributed by atoms with Crippen molar-refractivity contribution < 1.29 is 9.53 Å². The summed E-state index contributed by atoms with van der Waals surface area (Å²) < 4.78 is 6.69. The number of carbonyl (C=O) groups excluding carboxylic acids is 1. The van der Waals surface area contributed by atoms with Gasteiger partial charge in [0.2, 0.25) is 0 Å². The second-order valence-corrected chi connectivity index (χ2v) is 7.69. The van der Waals surface area contributed by atoms with E-state index >= 15 is 0 Å². The average Bonchev–Trinajstić information content (AvgIpc) is 3.30. The van der Waals surface area contributed by atoms with Crippen LogP contribution in [0.25, 0.3) is 16.2 Å². The summed E-state index contributed by atoms with van der Waals surface area (Å²) in [5.41, 5.74) is 1.08. The third-order valence-electron chi connectivity index (χ3n) is 4.82. The molecule has 0 spiro atoms. The molecule has 1 aliphatic rings. The summed E-state index contributed by atoms with van der Waals surface area (Å²) >= 11 is 7.65. The Hall–Kier alpha value is -2.22. The highest BCUT2D eigenvalue weighted by molar-refractivity contribution is 7.15. The van der Waals surface area contributed by atoms with E-state index in [2.05, 4.69) is 4.98 Å². The van der Waals surface area contributed by atoms with Gasteiger partial charge in [0.05, 0.1) is 18.3 Å². The molecule has 1 unspecified atom stereocenters. The Bertz CT molecular complexity index is 1060. The van der Waals surface area contributed by atoms with E-state index in [1.54, 1.807) is 18.1 Å². The van der Waals surface area contributed by atoms with Crippen LogP contribution in [-0.2, 0) is 4.74 Å². The van der Waals surface area contributed by atoms with Gasteiger partial charge in [0.25, 0.3) is 11.5 Å². The topological polar surface area (TPSA) is 63.9 Å². The molecule has 1 amide bonds. The molecule has 0 saturated carbocycles. The first-order chi connectivity index (χ1) is 13.1. The molecule has 0 aliphatic carbocycles. The highest BCUT2D eigenvalue weighted by Gasteiger charge is 2.31. The number of amides is 1. The first-order valence-corrected chi connectivity index (χ1v) is 9.91. The summed E-state index contributed by atoms with van der Waals surface area (Å²) in [4.78, 5) is 32.8. The van der Waals surface area contributed by atoms with E-state index < -0.39 is 0 Å². The van der Waals surface area contributed by atoms with Crippen molar-refractivity contribution in [3.63, 3.8) is 0 Å². The lowest BCUT2D eigenvalue weighted by atomic mass is 10.1. The molecule has 27 heavy (non-hydrogen) atoms. The number of hydrogen-bond acceptors (Lipinski definition) is 5. The highest BCUT2D eigenvalue weighted by atomic mass is 35.5. The van der Waals surface area contributed by atoms with E-state index in [1.165, 1.54) is 21.9 Å². The SMILES string of the molecule is COCC1CCCN1C(=O)c1cnc2scc(-c3ccccc3Cl)n2c1=O. The van der Waals surface area contributed by atoms with E-state index in [0.717, 1.165) is 18.4 Å². The van der Waals surface area contributed by atoms with E-state index in [-0.39, 0.29) is 23.1 Å². The van der Waals surface area contributed by atoms with Crippen LogP contribution in [0.2, 0.25) is 5.02 Å². The number of aromatic nitrogens is 2. The predicted octanol–water partition coefficient (Wildman–Crippen LogP) is 3.33. The van der Waals surface area contributed by atoms with Crippen molar-refractivity contribution in [2.45, 2.75) is 18.9 Å². The minimum absolute atomic E-state index is 0.00638. The number of carbonyl (C=O) groups is 1. The molecule has 6 nitrogen and oxygen atoms in total. The summed E-state index contributed by atoms with van der Waals surface area (Å²) in [7, 11) is 1.62. The number of nitrogens with zero attached hydrogens (tertiary/aromatic N) is 3. The van der Waals surface area contributed by atoms with Crippen molar-refractivity contribution in [2.24, 2.45) is 0 Å². The Balaban J connectivity index is 1.81. The molecule has 1 atom stereocenters. The van der Waals surface area contributed by atoms with Gasteiger partial charge in [0.15, 0.2) is 4.96 Å². The molecule has 2 aromatic heterocycles. The van der Waals surface area contributed by atoms with E-state index in [4.69, 9.17) is 16.3 Å². The van der Waals surface area contributed by atoms with Gasteiger partial charge >= 0.3 is 0 Å². The molecule has 3 heterocycles. The van der Waals surface area contributed by atoms with Crippen LogP contribution in [0.4, 0.5) is 0 Å². The van der Waals surface area contributed by atoms with Crippen LogP contribution in [0.3, 0.4) is 0 Å². The number of rotatable bonds is 4. The summed E-state index contributed by atoms with van der Waals surface area (Å²) in [6.07, 6.45) is 3.16. The van der Waals surface area contributed by atoms with E-state index in [0.29, 0.717) is 28.8 Å². The van der Waals surface area contributed by atoms with Crippen LogP contribution in [0.5, 0.6) is 0 Å². The van der Waals surface area contributed by atoms with Crippen molar-refractivity contribution in [2.75, 3.05) is 20.3 Å². The first-order valence-electron chi connectivity index (χ1n) is 8.66. The number of benzene rings is 1. The van der Waals surface area contributed by atoms with Crippen LogP contribution in [0.15, 0.2) is 40.6 Å². The number of thiazole rings is 1. The molecule has 0 N–H and O–H groups in total. The summed E-state index contributed by atoms with van der Waals surface area (Å²) in [6, 6.07) is 7.30. The van der Waals surface area contributed by atoms with Gasteiger partial charge in [0.1, 0.15) is 5.56 Å². The van der Waals surface area contributed by atoms with Gasteiger partial charge in [-0.1, -0.05) is 29.8 Å². The zero-order chi connectivity index (χ0) is 19.0. The smallest absolute Gasteiger partial charge is 0.271 e. The summed E-state index contributed by atoms with van der Waals surface area (Å²) in [5.74, 6) is -0.294. The fourth-order valence-electron chi connectivity index (χ4n) is 3.52. The maximum Gasteiger partial charge on any atom is 0.271 e. The van der Waals surface area contributed by atoms with E-state index in [1.807, 2.05) is 23.6 Å². The fourth-order valence-corrected chi connectivity index (χ4v) is 4.60. The molecule has 140 valence electrons. The third kappa shape index (κ3) is 3.16. The molecule has 1 aromatic carbocycles.